The molecule has 2 aromatic heterocycles. The molecule has 0 aliphatic carbocycles. The molecule has 0 aliphatic heterocycles. The van der Waals surface area contributed by atoms with E-state index in [1.165, 1.54) is 11.3 Å². The summed E-state index contributed by atoms with van der Waals surface area (Å²) in [4.78, 5) is 23.7. The molecule has 0 unspecified atom stereocenters. The molecule has 23 heavy (non-hydrogen) atoms. The predicted molar refractivity (Wildman–Crippen MR) is 87.6 cm³/mol. The van der Waals surface area contributed by atoms with Crippen molar-refractivity contribution in [3.8, 4) is 0 Å². The SMILES string of the molecule is CCc1nnc(NC(=O)CCCn2c(=O)oc3ccccc32)s1. The normalized spacial score (nSPS) is 11.0. The van der Waals surface area contributed by atoms with Crippen molar-refractivity contribution in [1.29, 1.82) is 0 Å². The van der Waals surface area contributed by atoms with Crippen LogP contribution in [0.1, 0.15) is 24.8 Å². The zero-order valence-corrected chi connectivity index (χ0v) is 13.4. The molecule has 1 N–H and O–H groups in total. The fourth-order valence-corrected chi connectivity index (χ4v) is 2.95. The molecule has 0 saturated heterocycles. The Labute approximate surface area is 136 Å². The Bertz CT molecular complexity index is 880. The molecule has 8 heteroatoms. The van der Waals surface area contributed by atoms with Gasteiger partial charge in [-0.3, -0.25) is 9.36 Å². The second kappa shape index (κ2) is 6.74. The van der Waals surface area contributed by atoms with Gasteiger partial charge < -0.3 is 9.73 Å². The van der Waals surface area contributed by atoms with Gasteiger partial charge in [-0.25, -0.2) is 4.79 Å². The maximum atomic E-state index is 11.9. The van der Waals surface area contributed by atoms with E-state index < -0.39 is 5.76 Å². The molecule has 120 valence electrons. The van der Waals surface area contributed by atoms with Crippen LogP contribution < -0.4 is 11.1 Å². The molecular weight excluding hydrogens is 316 g/mol. The first-order chi connectivity index (χ1) is 11.2. The number of rotatable bonds is 6. The third-order valence-electron chi connectivity index (χ3n) is 3.37. The molecular formula is C15H16N4O3S. The number of oxazole rings is 1. The molecule has 0 aliphatic rings. The fraction of sp³-hybridized carbons (Fsp3) is 0.333. The van der Waals surface area contributed by atoms with Crippen LogP contribution in [0.2, 0.25) is 0 Å². The minimum absolute atomic E-state index is 0.135. The molecule has 0 saturated carbocycles. The van der Waals surface area contributed by atoms with E-state index in [4.69, 9.17) is 4.42 Å². The van der Waals surface area contributed by atoms with E-state index in [2.05, 4.69) is 15.5 Å². The van der Waals surface area contributed by atoms with Gasteiger partial charge in [0.1, 0.15) is 5.01 Å². The van der Waals surface area contributed by atoms with Gasteiger partial charge in [0, 0.05) is 13.0 Å². The van der Waals surface area contributed by atoms with E-state index in [-0.39, 0.29) is 5.91 Å². The number of aromatic nitrogens is 3. The van der Waals surface area contributed by atoms with E-state index in [1.54, 1.807) is 10.6 Å². The maximum Gasteiger partial charge on any atom is 0.419 e. The van der Waals surface area contributed by atoms with E-state index in [9.17, 15) is 9.59 Å². The number of hydrogen-bond acceptors (Lipinski definition) is 6. The Morgan fingerprint density at radius 1 is 1.35 bits per heavy atom. The van der Waals surface area contributed by atoms with Crippen molar-refractivity contribution in [2.24, 2.45) is 0 Å². The smallest absolute Gasteiger partial charge is 0.408 e. The lowest BCUT2D eigenvalue weighted by Gasteiger charge is -2.02. The molecule has 0 radical (unpaired) electrons. The summed E-state index contributed by atoms with van der Waals surface area (Å²) in [5.41, 5.74) is 1.30. The Morgan fingerprint density at radius 3 is 2.96 bits per heavy atom. The zero-order valence-electron chi connectivity index (χ0n) is 12.6. The molecule has 3 rings (SSSR count). The number of nitrogens with zero attached hydrogens (tertiary/aromatic N) is 3. The average molecular weight is 332 g/mol. The average Bonchev–Trinajstić information content (AvgIpc) is 3.12. The van der Waals surface area contributed by atoms with Gasteiger partial charge in [-0.05, 0) is 25.0 Å². The Kier molecular flexibility index (Phi) is 4.52. The lowest BCUT2D eigenvalue weighted by Crippen LogP contribution is -2.17. The number of benzene rings is 1. The second-order valence-electron chi connectivity index (χ2n) is 4.99. The van der Waals surface area contributed by atoms with Crippen LogP contribution in [-0.4, -0.2) is 20.7 Å². The minimum Gasteiger partial charge on any atom is -0.408 e. The first-order valence-corrected chi connectivity index (χ1v) is 8.19. The van der Waals surface area contributed by atoms with Crippen molar-refractivity contribution in [2.45, 2.75) is 32.7 Å². The predicted octanol–water partition coefficient (Wildman–Crippen LogP) is 2.43. The van der Waals surface area contributed by atoms with Gasteiger partial charge in [0.2, 0.25) is 11.0 Å². The largest absolute Gasteiger partial charge is 0.419 e. The molecule has 3 aromatic rings. The van der Waals surface area contributed by atoms with Gasteiger partial charge in [-0.1, -0.05) is 30.4 Å². The van der Waals surface area contributed by atoms with E-state index in [0.29, 0.717) is 30.1 Å². The van der Waals surface area contributed by atoms with Crippen LogP contribution in [0.15, 0.2) is 33.5 Å². The van der Waals surface area contributed by atoms with Crippen molar-refractivity contribution < 1.29 is 9.21 Å². The highest BCUT2D eigenvalue weighted by molar-refractivity contribution is 7.15. The maximum absolute atomic E-state index is 11.9. The highest BCUT2D eigenvalue weighted by Gasteiger charge is 2.10. The van der Waals surface area contributed by atoms with Crippen molar-refractivity contribution in [1.82, 2.24) is 14.8 Å². The molecule has 0 bridgehead atoms. The first-order valence-electron chi connectivity index (χ1n) is 7.38. The third-order valence-corrected chi connectivity index (χ3v) is 4.36. The fourth-order valence-electron chi connectivity index (χ4n) is 2.25. The summed E-state index contributed by atoms with van der Waals surface area (Å²) in [7, 11) is 0. The first kappa shape index (κ1) is 15.4. The lowest BCUT2D eigenvalue weighted by atomic mass is 10.3. The van der Waals surface area contributed by atoms with E-state index in [0.717, 1.165) is 16.9 Å². The zero-order chi connectivity index (χ0) is 16.2. The molecule has 2 heterocycles. The lowest BCUT2D eigenvalue weighted by molar-refractivity contribution is -0.116. The van der Waals surface area contributed by atoms with Crippen LogP contribution in [0.4, 0.5) is 5.13 Å². The number of carbonyl (C=O) groups is 1. The van der Waals surface area contributed by atoms with Crippen LogP contribution in [0.25, 0.3) is 11.1 Å². The van der Waals surface area contributed by atoms with Crippen LogP contribution in [0.3, 0.4) is 0 Å². The molecule has 0 atom stereocenters. The quantitative estimate of drug-likeness (QED) is 0.749. The summed E-state index contributed by atoms with van der Waals surface area (Å²) in [5.74, 6) is -0.534. The summed E-state index contributed by atoms with van der Waals surface area (Å²) in [6, 6.07) is 7.24. The van der Waals surface area contributed by atoms with Crippen molar-refractivity contribution in [3.63, 3.8) is 0 Å². The second-order valence-corrected chi connectivity index (χ2v) is 6.06. The van der Waals surface area contributed by atoms with Crippen LogP contribution in [-0.2, 0) is 17.8 Å². The van der Waals surface area contributed by atoms with Gasteiger partial charge in [-0.2, -0.15) is 0 Å². The number of aryl methyl sites for hydroxylation is 2. The van der Waals surface area contributed by atoms with Gasteiger partial charge in [0.25, 0.3) is 0 Å². The van der Waals surface area contributed by atoms with Crippen molar-refractivity contribution in [2.75, 3.05) is 5.32 Å². The van der Waals surface area contributed by atoms with E-state index >= 15 is 0 Å². The Morgan fingerprint density at radius 2 is 2.17 bits per heavy atom. The van der Waals surface area contributed by atoms with Gasteiger partial charge >= 0.3 is 5.76 Å². The van der Waals surface area contributed by atoms with Crippen LogP contribution >= 0.6 is 11.3 Å². The van der Waals surface area contributed by atoms with Crippen LogP contribution in [0.5, 0.6) is 0 Å². The number of amides is 1. The molecule has 0 fully saturated rings. The Hall–Kier alpha value is -2.48. The number of nitrogens with one attached hydrogen (secondary N) is 1. The minimum atomic E-state index is -0.400. The summed E-state index contributed by atoms with van der Waals surface area (Å²) in [6.45, 7) is 2.42. The molecule has 1 aromatic carbocycles. The number of fused-ring (bicyclic) bond motifs is 1. The standard InChI is InChI=1S/C15H16N4O3S/c1-2-13-17-18-14(23-13)16-12(20)8-5-9-19-10-6-3-4-7-11(10)22-15(19)21/h3-4,6-7H,2,5,8-9H2,1H3,(H,16,18,20). The number of anilines is 1. The summed E-state index contributed by atoms with van der Waals surface area (Å²) in [6.07, 6.45) is 1.63. The number of hydrogen-bond donors (Lipinski definition) is 1. The molecule has 1 amide bonds. The topological polar surface area (TPSA) is 90.0 Å². The monoisotopic (exact) mass is 332 g/mol. The van der Waals surface area contributed by atoms with E-state index in [1.807, 2.05) is 25.1 Å². The third kappa shape index (κ3) is 3.48. The van der Waals surface area contributed by atoms with Gasteiger partial charge in [0.15, 0.2) is 5.58 Å². The number of para-hydroxylation sites is 2. The number of carbonyl (C=O) groups excluding carboxylic acids is 1. The van der Waals surface area contributed by atoms with Gasteiger partial charge in [-0.15, -0.1) is 10.2 Å². The highest BCUT2D eigenvalue weighted by Crippen LogP contribution is 2.16. The molecule has 0 spiro atoms. The summed E-state index contributed by atoms with van der Waals surface area (Å²) < 4.78 is 6.70. The Balaban J connectivity index is 1.57. The molecule has 7 nitrogen and oxygen atoms in total. The highest BCUT2D eigenvalue weighted by atomic mass is 32.1. The van der Waals surface area contributed by atoms with Gasteiger partial charge in [0.05, 0.1) is 5.52 Å². The van der Waals surface area contributed by atoms with Crippen molar-refractivity contribution in [3.05, 3.63) is 39.8 Å². The summed E-state index contributed by atoms with van der Waals surface area (Å²) in [5, 5.41) is 12.0. The van der Waals surface area contributed by atoms with Crippen molar-refractivity contribution >= 4 is 33.5 Å². The summed E-state index contributed by atoms with van der Waals surface area (Å²) >= 11 is 1.37. The van der Waals surface area contributed by atoms with Crippen LogP contribution in [0, 0.1) is 0 Å².